The number of aromatic nitrogens is 2. The van der Waals surface area contributed by atoms with Gasteiger partial charge in [-0.15, -0.1) is 12.4 Å². The lowest BCUT2D eigenvalue weighted by atomic mass is 10.00. The lowest BCUT2D eigenvalue weighted by Gasteiger charge is -2.30. The molecule has 1 aliphatic rings. The Morgan fingerprint density at radius 2 is 1.92 bits per heavy atom. The highest BCUT2D eigenvalue weighted by atomic mass is 35.5. The maximum absolute atomic E-state index is 6.11. The minimum atomic E-state index is 0. The van der Waals surface area contributed by atoms with Gasteiger partial charge in [-0.3, -0.25) is 0 Å². The van der Waals surface area contributed by atoms with Crippen molar-refractivity contribution in [1.82, 2.24) is 10.1 Å². The van der Waals surface area contributed by atoms with Crippen molar-refractivity contribution < 1.29 is 4.52 Å². The Morgan fingerprint density at radius 1 is 1.08 bits per heavy atom. The van der Waals surface area contributed by atoms with Crippen LogP contribution in [-0.4, -0.2) is 16.7 Å². The number of nitrogen functional groups attached to an aromatic ring is 1. The molecule has 4 rings (SSSR count). The number of hydrogen-bond acceptors (Lipinski definition) is 5. The van der Waals surface area contributed by atoms with Crippen molar-refractivity contribution >= 4 is 23.8 Å². The number of halogens is 1. The first kappa shape index (κ1) is 17.3. The zero-order valence-corrected chi connectivity index (χ0v) is 14.7. The van der Waals surface area contributed by atoms with Crippen LogP contribution in [0.4, 0.5) is 11.4 Å². The molecule has 3 aromatic rings. The number of fused-ring (bicyclic) bond motifs is 1. The van der Waals surface area contributed by atoms with Gasteiger partial charge in [-0.2, -0.15) is 4.98 Å². The van der Waals surface area contributed by atoms with E-state index in [1.165, 1.54) is 16.8 Å². The van der Waals surface area contributed by atoms with Gasteiger partial charge in [0.15, 0.2) is 5.82 Å². The van der Waals surface area contributed by atoms with Crippen molar-refractivity contribution in [2.75, 3.05) is 17.2 Å². The van der Waals surface area contributed by atoms with Gasteiger partial charge in [-0.05, 0) is 36.1 Å². The van der Waals surface area contributed by atoms with E-state index in [0.29, 0.717) is 18.9 Å². The van der Waals surface area contributed by atoms with E-state index in [-0.39, 0.29) is 12.4 Å². The zero-order valence-electron chi connectivity index (χ0n) is 13.9. The fraction of sp³-hybridized carbons (Fsp3) is 0.263. The van der Waals surface area contributed by atoms with E-state index in [4.69, 9.17) is 10.3 Å². The van der Waals surface area contributed by atoms with Crippen LogP contribution in [-0.2, 0) is 19.4 Å². The standard InChI is InChI=1S/C19H20N4O.ClH/c20-16-9-4-10-17-15(16)8-5-11-23(17)13-19-21-18(22-24-19)12-14-6-2-1-3-7-14;/h1-4,6-7,9-10H,5,8,11-13,20H2;1H. The van der Waals surface area contributed by atoms with Crippen LogP contribution >= 0.6 is 12.4 Å². The quantitative estimate of drug-likeness (QED) is 0.723. The van der Waals surface area contributed by atoms with E-state index in [1.54, 1.807) is 0 Å². The first-order chi connectivity index (χ1) is 11.8. The van der Waals surface area contributed by atoms with Crippen molar-refractivity contribution in [3.8, 4) is 0 Å². The Kier molecular flexibility index (Phi) is 5.24. The van der Waals surface area contributed by atoms with Crippen molar-refractivity contribution in [2.45, 2.75) is 25.8 Å². The molecule has 0 amide bonds. The molecule has 6 heteroatoms. The second-order valence-electron chi connectivity index (χ2n) is 6.14. The van der Waals surface area contributed by atoms with Gasteiger partial charge >= 0.3 is 0 Å². The Bertz CT molecular complexity index is 834. The summed E-state index contributed by atoms with van der Waals surface area (Å²) in [6.45, 7) is 1.60. The molecule has 0 saturated carbocycles. The Hall–Kier alpha value is -2.53. The van der Waals surface area contributed by atoms with Gasteiger partial charge in [0.05, 0.1) is 6.54 Å². The Balaban J connectivity index is 0.00000182. The van der Waals surface area contributed by atoms with Crippen LogP contribution in [0.25, 0.3) is 0 Å². The fourth-order valence-electron chi connectivity index (χ4n) is 3.26. The first-order valence-corrected chi connectivity index (χ1v) is 8.27. The average Bonchev–Trinajstić information content (AvgIpc) is 3.04. The van der Waals surface area contributed by atoms with Gasteiger partial charge < -0.3 is 15.2 Å². The maximum atomic E-state index is 6.11. The third-order valence-electron chi connectivity index (χ3n) is 4.42. The molecule has 0 saturated heterocycles. The molecule has 0 fully saturated rings. The summed E-state index contributed by atoms with van der Waals surface area (Å²) in [5, 5.41) is 4.11. The summed E-state index contributed by atoms with van der Waals surface area (Å²) in [6, 6.07) is 16.3. The largest absolute Gasteiger partial charge is 0.398 e. The van der Waals surface area contributed by atoms with E-state index in [1.807, 2.05) is 30.3 Å². The maximum Gasteiger partial charge on any atom is 0.246 e. The van der Waals surface area contributed by atoms with E-state index < -0.39 is 0 Å². The monoisotopic (exact) mass is 356 g/mol. The Labute approximate surface area is 153 Å². The summed E-state index contributed by atoms with van der Waals surface area (Å²) < 4.78 is 5.45. The highest BCUT2D eigenvalue weighted by molar-refractivity contribution is 5.85. The molecule has 0 spiro atoms. The third-order valence-corrected chi connectivity index (χ3v) is 4.42. The molecule has 2 N–H and O–H groups in total. The Morgan fingerprint density at radius 3 is 2.76 bits per heavy atom. The lowest BCUT2D eigenvalue weighted by molar-refractivity contribution is 0.370. The van der Waals surface area contributed by atoms with Gasteiger partial charge in [0, 0.05) is 24.3 Å². The number of benzene rings is 2. The summed E-state index contributed by atoms with van der Waals surface area (Å²) in [7, 11) is 0. The molecule has 130 valence electrons. The predicted molar refractivity (Wildman–Crippen MR) is 101 cm³/mol. The van der Waals surface area contributed by atoms with Gasteiger partial charge in [-0.25, -0.2) is 0 Å². The number of rotatable bonds is 4. The van der Waals surface area contributed by atoms with Crippen molar-refractivity contribution in [2.24, 2.45) is 0 Å². The van der Waals surface area contributed by atoms with Gasteiger partial charge in [-0.1, -0.05) is 41.6 Å². The smallest absolute Gasteiger partial charge is 0.246 e. The summed E-state index contributed by atoms with van der Waals surface area (Å²) in [6.07, 6.45) is 2.81. The van der Waals surface area contributed by atoms with Crippen LogP contribution in [0.3, 0.4) is 0 Å². The van der Waals surface area contributed by atoms with Crippen LogP contribution < -0.4 is 10.6 Å². The van der Waals surface area contributed by atoms with Gasteiger partial charge in [0.2, 0.25) is 5.89 Å². The van der Waals surface area contributed by atoms with Crippen LogP contribution in [0.1, 0.15) is 29.3 Å². The minimum Gasteiger partial charge on any atom is -0.398 e. The summed E-state index contributed by atoms with van der Waals surface area (Å²) in [5.74, 6) is 1.37. The molecule has 0 atom stereocenters. The molecule has 1 aliphatic heterocycles. The molecule has 5 nitrogen and oxygen atoms in total. The van der Waals surface area contributed by atoms with Crippen LogP contribution in [0.5, 0.6) is 0 Å². The SMILES string of the molecule is Cl.Nc1cccc2c1CCCN2Cc1nc(Cc2ccccc2)no1. The summed E-state index contributed by atoms with van der Waals surface area (Å²) in [4.78, 5) is 6.82. The zero-order chi connectivity index (χ0) is 16.4. The number of anilines is 2. The van der Waals surface area contributed by atoms with Crippen LogP contribution in [0.15, 0.2) is 53.1 Å². The van der Waals surface area contributed by atoms with Gasteiger partial charge in [0.1, 0.15) is 0 Å². The van der Waals surface area contributed by atoms with Crippen LogP contribution in [0.2, 0.25) is 0 Å². The highest BCUT2D eigenvalue weighted by Gasteiger charge is 2.20. The van der Waals surface area contributed by atoms with Crippen LogP contribution in [0, 0.1) is 0 Å². The topological polar surface area (TPSA) is 68.2 Å². The summed E-state index contributed by atoms with van der Waals surface area (Å²) >= 11 is 0. The fourth-order valence-corrected chi connectivity index (χ4v) is 3.26. The third kappa shape index (κ3) is 3.77. The molecule has 1 aromatic heterocycles. The molecule has 2 aromatic carbocycles. The first-order valence-electron chi connectivity index (χ1n) is 8.27. The van der Waals surface area contributed by atoms with E-state index >= 15 is 0 Å². The highest BCUT2D eigenvalue weighted by Crippen LogP contribution is 2.32. The molecule has 0 aliphatic carbocycles. The second kappa shape index (κ2) is 7.57. The normalized spacial score (nSPS) is 13.2. The van der Waals surface area contributed by atoms with E-state index in [9.17, 15) is 0 Å². The number of nitrogens with two attached hydrogens (primary N) is 1. The molecule has 0 unspecified atom stereocenters. The van der Waals surface area contributed by atoms with E-state index in [0.717, 1.165) is 30.9 Å². The van der Waals surface area contributed by atoms with Crippen molar-refractivity contribution in [1.29, 1.82) is 0 Å². The van der Waals surface area contributed by atoms with E-state index in [2.05, 4.69) is 33.2 Å². The van der Waals surface area contributed by atoms with Gasteiger partial charge in [0.25, 0.3) is 0 Å². The lowest BCUT2D eigenvalue weighted by Crippen LogP contribution is -2.29. The molecule has 2 heterocycles. The average molecular weight is 357 g/mol. The minimum absolute atomic E-state index is 0. The molecular weight excluding hydrogens is 336 g/mol. The predicted octanol–water partition coefficient (Wildman–Crippen LogP) is 3.62. The van der Waals surface area contributed by atoms with Crippen molar-refractivity contribution in [3.63, 3.8) is 0 Å². The number of nitrogens with zero attached hydrogens (tertiary/aromatic N) is 3. The number of hydrogen-bond donors (Lipinski definition) is 1. The second-order valence-corrected chi connectivity index (χ2v) is 6.14. The molecule has 0 radical (unpaired) electrons. The molecule has 25 heavy (non-hydrogen) atoms. The molecule has 0 bridgehead atoms. The summed E-state index contributed by atoms with van der Waals surface area (Å²) in [5.41, 5.74) is 10.6. The van der Waals surface area contributed by atoms with Crippen molar-refractivity contribution in [3.05, 3.63) is 71.4 Å². The molecular formula is C19H21ClN4O.